The van der Waals surface area contributed by atoms with Crippen LogP contribution >= 0.6 is 24.0 Å². The van der Waals surface area contributed by atoms with Gasteiger partial charge in [-0.05, 0) is 39.8 Å². The molecule has 0 bridgehead atoms. The molecule has 0 radical (unpaired) electrons. The maximum absolute atomic E-state index is 11.9. The molecule has 4 N–H and O–H groups in total. The first-order valence-corrected chi connectivity index (χ1v) is 8.64. The van der Waals surface area contributed by atoms with E-state index in [2.05, 4.69) is 26.3 Å². The van der Waals surface area contributed by atoms with Crippen LogP contribution in [0, 0.1) is 0 Å². The monoisotopic (exact) mass is 491 g/mol. The highest BCUT2D eigenvalue weighted by Gasteiger charge is 2.15. The highest BCUT2D eigenvalue weighted by Crippen LogP contribution is 2.06. The number of nitrogens with one attached hydrogen (secondary N) is 4. The largest absolute Gasteiger partial charge is 0.444 e. The van der Waals surface area contributed by atoms with Gasteiger partial charge in [-0.1, -0.05) is 18.2 Å². The summed E-state index contributed by atoms with van der Waals surface area (Å²) in [5.41, 5.74) is 0.201. The van der Waals surface area contributed by atoms with Crippen LogP contribution in [0.2, 0.25) is 0 Å². The third-order valence-electron chi connectivity index (χ3n) is 2.87. The minimum absolute atomic E-state index is 0. The lowest BCUT2D eigenvalue weighted by molar-refractivity contribution is -0.114. The molecule has 0 saturated heterocycles. The minimum Gasteiger partial charge on any atom is -0.444 e. The van der Waals surface area contributed by atoms with Gasteiger partial charge in [-0.15, -0.1) is 24.0 Å². The number of rotatable bonds is 7. The average Bonchev–Trinajstić information content (AvgIpc) is 2.55. The first kappa shape index (κ1) is 25.0. The smallest absolute Gasteiger partial charge is 0.407 e. The van der Waals surface area contributed by atoms with Crippen LogP contribution in [0.1, 0.15) is 27.7 Å². The van der Waals surface area contributed by atoms with Gasteiger partial charge in [-0.2, -0.15) is 0 Å². The molecule has 0 unspecified atom stereocenters. The molecule has 0 aliphatic carbocycles. The number of alkyl carbamates (subject to hydrolysis) is 1. The summed E-state index contributed by atoms with van der Waals surface area (Å²) >= 11 is 0. The molecule has 0 fully saturated rings. The summed E-state index contributed by atoms with van der Waals surface area (Å²) in [5.74, 6) is 0.294. The zero-order valence-electron chi connectivity index (χ0n) is 16.3. The second kappa shape index (κ2) is 13.2. The van der Waals surface area contributed by atoms with E-state index in [0.29, 0.717) is 25.6 Å². The quantitative estimate of drug-likeness (QED) is 0.203. The van der Waals surface area contributed by atoms with E-state index in [1.807, 2.05) is 37.3 Å². The molecule has 8 nitrogen and oxygen atoms in total. The van der Waals surface area contributed by atoms with E-state index in [0.717, 1.165) is 5.69 Å². The second-order valence-corrected chi connectivity index (χ2v) is 6.46. The van der Waals surface area contributed by atoms with Crippen LogP contribution in [0.25, 0.3) is 0 Å². The summed E-state index contributed by atoms with van der Waals surface area (Å²) < 4.78 is 5.15. The predicted molar refractivity (Wildman–Crippen MR) is 119 cm³/mol. The molecule has 27 heavy (non-hydrogen) atoms. The highest BCUT2D eigenvalue weighted by molar-refractivity contribution is 14.0. The molecule has 1 aromatic carbocycles. The predicted octanol–water partition coefficient (Wildman–Crippen LogP) is 2.32. The van der Waals surface area contributed by atoms with Crippen molar-refractivity contribution < 1.29 is 14.3 Å². The number of hydrogen-bond donors (Lipinski definition) is 4. The molecule has 1 aromatic rings. The van der Waals surface area contributed by atoms with Gasteiger partial charge in [0, 0.05) is 25.3 Å². The SMILES string of the molecule is CCNC(=NCC(=O)Nc1ccccc1)NCCNC(=O)OC(C)(C)C.I. The number of benzene rings is 1. The minimum atomic E-state index is -0.528. The van der Waals surface area contributed by atoms with E-state index < -0.39 is 11.7 Å². The summed E-state index contributed by atoms with van der Waals surface area (Å²) in [5, 5.41) is 11.5. The van der Waals surface area contributed by atoms with Crippen molar-refractivity contribution in [2.75, 3.05) is 31.5 Å². The first-order valence-electron chi connectivity index (χ1n) is 8.64. The van der Waals surface area contributed by atoms with Gasteiger partial charge in [0.25, 0.3) is 0 Å². The Morgan fingerprint density at radius 3 is 2.26 bits per heavy atom. The van der Waals surface area contributed by atoms with E-state index in [1.165, 1.54) is 0 Å². The van der Waals surface area contributed by atoms with Gasteiger partial charge in [0.2, 0.25) is 5.91 Å². The fraction of sp³-hybridized carbons (Fsp3) is 0.500. The molecular formula is C18H30IN5O3. The van der Waals surface area contributed by atoms with E-state index >= 15 is 0 Å². The van der Waals surface area contributed by atoms with E-state index in [-0.39, 0.29) is 36.4 Å². The molecule has 0 heterocycles. The van der Waals surface area contributed by atoms with Gasteiger partial charge in [0.15, 0.2) is 5.96 Å². The normalized spacial score (nSPS) is 11.0. The van der Waals surface area contributed by atoms with Crippen LogP contribution in [-0.2, 0) is 9.53 Å². The number of guanidine groups is 1. The zero-order chi connectivity index (χ0) is 19.4. The van der Waals surface area contributed by atoms with E-state index in [1.54, 1.807) is 20.8 Å². The molecule has 152 valence electrons. The second-order valence-electron chi connectivity index (χ2n) is 6.46. The molecule has 0 spiro atoms. The fourth-order valence-electron chi connectivity index (χ4n) is 1.87. The van der Waals surface area contributed by atoms with Crippen LogP contribution in [0.5, 0.6) is 0 Å². The van der Waals surface area contributed by atoms with Crippen molar-refractivity contribution in [3.8, 4) is 0 Å². The summed E-state index contributed by atoms with van der Waals surface area (Å²) in [6, 6.07) is 9.21. The maximum Gasteiger partial charge on any atom is 0.407 e. The number of halogens is 1. The number of carbonyl (C=O) groups excluding carboxylic acids is 2. The van der Waals surface area contributed by atoms with Crippen LogP contribution in [0.15, 0.2) is 35.3 Å². The Morgan fingerprint density at radius 1 is 1.04 bits per heavy atom. The summed E-state index contributed by atoms with van der Waals surface area (Å²) in [7, 11) is 0. The van der Waals surface area contributed by atoms with E-state index in [9.17, 15) is 9.59 Å². The van der Waals surface area contributed by atoms with Gasteiger partial charge < -0.3 is 26.0 Å². The Balaban J connectivity index is 0.00000676. The van der Waals surface area contributed by atoms with Crippen molar-refractivity contribution in [1.29, 1.82) is 0 Å². The number of ether oxygens (including phenoxy) is 1. The highest BCUT2D eigenvalue weighted by atomic mass is 127. The van der Waals surface area contributed by atoms with Crippen molar-refractivity contribution in [1.82, 2.24) is 16.0 Å². The van der Waals surface area contributed by atoms with Crippen molar-refractivity contribution in [2.45, 2.75) is 33.3 Å². The Kier molecular flexibility index (Phi) is 12.2. The standard InChI is InChI=1S/C18H29N5O3.HI/c1-5-19-16(20-11-12-21-17(25)26-18(2,3)4)22-13-15(24)23-14-9-7-6-8-10-14;/h6-10H,5,11-13H2,1-4H3,(H,21,25)(H,23,24)(H2,19,20,22);1H. The molecule has 0 aliphatic rings. The maximum atomic E-state index is 11.9. The third kappa shape index (κ3) is 12.9. The van der Waals surface area contributed by atoms with Gasteiger partial charge in [-0.3, -0.25) is 4.79 Å². The summed E-state index contributed by atoms with van der Waals surface area (Å²) in [6.07, 6.45) is -0.469. The molecule has 2 amide bonds. The lowest BCUT2D eigenvalue weighted by atomic mass is 10.2. The van der Waals surface area contributed by atoms with Crippen LogP contribution < -0.4 is 21.3 Å². The summed E-state index contributed by atoms with van der Waals surface area (Å²) in [4.78, 5) is 27.7. The molecule has 0 saturated carbocycles. The number of para-hydroxylation sites is 1. The van der Waals surface area contributed by atoms with Gasteiger partial charge in [0.1, 0.15) is 12.1 Å². The molecule has 0 aliphatic heterocycles. The average molecular weight is 491 g/mol. The number of amides is 2. The van der Waals surface area contributed by atoms with Crippen LogP contribution in [0.4, 0.5) is 10.5 Å². The van der Waals surface area contributed by atoms with Crippen LogP contribution in [-0.4, -0.2) is 49.7 Å². The number of aliphatic imine (C=N–C) groups is 1. The Morgan fingerprint density at radius 2 is 1.67 bits per heavy atom. The zero-order valence-corrected chi connectivity index (χ0v) is 18.6. The molecule has 1 rings (SSSR count). The molecular weight excluding hydrogens is 461 g/mol. The molecule has 0 atom stereocenters. The summed E-state index contributed by atoms with van der Waals surface area (Å²) in [6.45, 7) is 8.82. The van der Waals surface area contributed by atoms with E-state index in [4.69, 9.17) is 4.74 Å². The van der Waals surface area contributed by atoms with Gasteiger partial charge >= 0.3 is 6.09 Å². The van der Waals surface area contributed by atoms with Crippen molar-refractivity contribution in [3.05, 3.63) is 30.3 Å². The first-order chi connectivity index (χ1) is 12.3. The van der Waals surface area contributed by atoms with Crippen molar-refractivity contribution >= 4 is 47.6 Å². The lowest BCUT2D eigenvalue weighted by Gasteiger charge is -2.19. The third-order valence-corrected chi connectivity index (χ3v) is 2.87. The number of hydrogen-bond acceptors (Lipinski definition) is 4. The van der Waals surface area contributed by atoms with Gasteiger partial charge in [-0.25, -0.2) is 9.79 Å². The van der Waals surface area contributed by atoms with Gasteiger partial charge in [0.05, 0.1) is 0 Å². The number of carbonyl (C=O) groups is 2. The molecule has 9 heteroatoms. The van der Waals surface area contributed by atoms with Crippen LogP contribution in [0.3, 0.4) is 0 Å². The number of nitrogens with zero attached hydrogens (tertiary/aromatic N) is 1. The molecule has 0 aromatic heterocycles. The topological polar surface area (TPSA) is 104 Å². The number of anilines is 1. The lowest BCUT2D eigenvalue weighted by Crippen LogP contribution is -2.42. The Labute approximate surface area is 177 Å². The Bertz CT molecular complexity index is 603. The fourth-order valence-corrected chi connectivity index (χ4v) is 1.87. The Hall–Kier alpha value is -2.04. The van der Waals surface area contributed by atoms with Crippen molar-refractivity contribution in [3.63, 3.8) is 0 Å². The van der Waals surface area contributed by atoms with Crippen molar-refractivity contribution in [2.24, 2.45) is 4.99 Å².